The van der Waals surface area contributed by atoms with E-state index in [9.17, 15) is 0 Å². The Morgan fingerprint density at radius 1 is 0.926 bits per heavy atom. The maximum absolute atomic E-state index is 4.64. The topological polar surface area (TPSA) is 84.4 Å². The number of anilines is 1. The summed E-state index contributed by atoms with van der Waals surface area (Å²) in [6.45, 7) is 0. The van der Waals surface area contributed by atoms with Crippen LogP contribution in [0.25, 0.3) is 22.4 Å². The summed E-state index contributed by atoms with van der Waals surface area (Å²) in [6.07, 6.45) is 12.1. The molecule has 1 aliphatic rings. The molecule has 1 aliphatic carbocycles. The lowest BCUT2D eigenvalue weighted by molar-refractivity contribution is 0.370. The molecule has 138 valence electrons. The van der Waals surface area contributed by atoms with E-state index in [-0.39, 0.29) is 0 Å². The van der Waals surface area contributed by atoms with Crippen LogP contribution in [0.1, 0.15) is 25.7 Å². The summed E-state index contributed by atoms with van der Waals surface area (Å²) in [6, 6.07) is 7.04. The van der Waals surface area contributed by atoms with Crippen LogP contribution in [-0.4, -0.2) is 48.3 Å². The van der Waals surface area contributed by atoms with Gasteiger partial charge in [0.25, 0.3) is 0 Å². The summed E-state index contributed by atoms with van der Waals surface area (Å²) in [5.41, 5.74) is 3.65. The first-order valence-corrected chi connectivity index (χ1v) is 9.39. The van der Waals surface area contributed by atoms with Crippen molar-refractivity contribution < 1.29 is 0 Å². The van der Waals surface area contributed by atoms with Gasteiger partial charge in [-0.2, -0.15) is 5.10 Å². The number of aromatic nitrogens is 6. The van der Waals surface area contributed by atoms with Crippen LogP contribution in [-0.2, 0) is 0 Å². The number of imidazole rings is 1. The number of hydrogen-bond acceptors (Lipinski definition) is 6. The van der Waals surface area contributed by atoms with Crippen molar-refractivity contribution >= 4 is 17.1 Å². The second-order valence-corrected chi connectivity index (χ2v) is 7.07. The third kappa shape index (κ3) is 3.02. The Bertz CT molecular complexity index is 1070. The first-order valence-electron chi connectivity index (χ1n) is 9.39. The van der Waals surface area contributed by atoms with E-state index in [1.807, 2.05) is 48.4 Å². The van der Waals surface area contributed by atoms with Crippen LogP contribution in [0.5, 0.6) is 0 Å². The van der Waals surface area contributed by atoms with Crippen LogP contribution in [0.2, 0.25) is 0 Å². The van der Waals surface area contributed by atoms with Crippen molar-refractivity contribution in [2.45, 2.75) is 37.8 Å². The zero-order chi connectivity index (χ0) is 18.2. The summed E-state index contributed by atoms with van der Waals surface area (Å²) in [5.74, 6) is 0.676. The fourth-order valence-electron chi connectivity index (χ4n) is 3.85. The zero-order valence-corrected chi connectivity index (χ0v) is 15.2. The molecule has 0 atom stereocenters. The molecular weight excluding hydrogens is 340 g/mol. The van der Waals surface area contributed by atoms with Gasteiger partial charge in [0.05, 0.1) is 17.4 Å². The molecule has 4 heterocycles. The van der Waals surface area contributed by atoms with Crippen molar-refractivity contribution in [1.29, 1.82) is 0 Å². The van der Waals surface area contributed by atoms with E-state index < -0.39 is 0 Å². The lowest BCUT2D eigenvalue weighted by Gasteiger charge is -2.28. The molecule has 0 unspecified atom stereocenters. The molecule has 0 bridgehead atoms. The average molecular weight is 362 g/mol. The minimum atomic E-state index is 0.437. The molecule has 4 aromatic heterocycles. The van der Waals surface area contributed by atoms with Gasteiger partial charge < -0.3 is 10.6 Å². The maximum atomic E-state index is 4.64. The van der Waals surface area contributed by atoms with E-state index in [0.717, 1.165) is 35.3 Å². The third-order valence-electron chi connectivity index (χ3n) is 5.42. The van der Waals surface area contributed by atoms with Gasteiger partial charge in [-0.05, 0) is 50.9 Å². The number of fused-ring (bicyclic) bond motifs is 2. The molecule has 4 aromatic rings. The highest BCUT2D eigenvalue weighted by Gasteiger charge is 2.20. The van der Waals surface area contributed by atoms with Gasteiger partial charge in [-0.3, -0.25) is 0 Å². The first kappa shape index (κ1) is 16.2. The molecule has 0 amide bonds. The van der Waals surface area contributed by atoms with E-state index >= 15 is 0 Å². The monoisotopic (exact) mass is 362 g/mol. The van der Waals surface area contributed by atoms with Gasteiger partial charge in [0.2, 0.25) is 5.95 Å². The molecule has 5 rings (SSSR count). The lowest BCUT2D eigenvalue weighted by atomic mass is 9.91. The zero-order valence-electron chi connectivity index (χ0n) is 15.2. The molecule has 2 N–H and O–H groups in total. The minimum absolute atomic E-state index is 0.437. The average Bonchev–Trinajstić information content (AvgIpc) is 3.34. The quantitative estimate of drug-likeness (QED) is 0.580. The van der Waals surface area contributed by atoms with Gasteiger partial charge in [0.1, 0.15) is 0 Å². The number of nitrogens with zero attached hydrogens (tertiary/aromatic N) is 6. The highest BCUT2D eigenvalue weighted by atomic mass is 15.3. The molecule has 0 radical (unpaired) electrons. The van der Waals surface area contributed by atoms with Crippen molar-refractivity contribution in [3.63, 3.8) is 0 Å². The Labute approximate surface area is 156 Å². The van der Waals surface area contributed by atoms with Crippen molar-refractivity contribution in [3.8, 4) is 11.3 Å². The second-order valence-electron chi connectivity index (χ2n) is 7.07. The number of hydrogen-bond donors (Lipinski definition) is 2. The van der Waals surface area contributed by atoms with Crippen LogP contribution < -0.4 is 10.6 Å². The van der Waals surface area contributed by atoms with E-state index in [0.29, 0.717) is 18.0 Å². The SMILES string of the molecule is CN[C@H]1CC[C@@H](Nc2ncc3c(-c4ccc5nccn5n4)ccn3n2)CC1. The molecule has 0 spiro atoms. The fourth-order valence-corrected chi connectivity index (χ4v) is 3.85. The van der Waals surface area contributed by atoms with Gasteiger partial charge in [0.15, 0.2) is 5.65 Å². The Morgan fingerprint density at radius 2 is 1.78 bits per heavy atom. The van der Waals surface area contributed by atoms with Crippen molar-refractivity contribution in [2.75, 3.05) is 12.4 Å². The summed E-state index contributed by atoms with van der Waals surface area (Å²) in [7, 11) is 2.04. The van der Waals surface area contributed by atoms with Gasteiger partial charge in [-0.15, -0.1) is 5.10 Å². The van der Waals surface area contributed by atoms with Gasteiger partial charge in [-0.1, -0.05) is 0 Å². The molecule has 0 aromatic carbocycles. The largest absolute Gasteiger partial charge is 0.350 e. The van der Waals surface area contributed by atoms with E-state index in [4.69, 9.17) is 0 Å². The molecule has 8 nitrogen and oxygen atoms in total. The summed E-state index contributed by atoms with van der Waals surface area (Å²) in [4.78, 5) is 8.78. The highest BCUT2D eigenvalue weighted by molar-refractivity contribution is 5.78. The number of nitrogens with one attached hydrogen (secondary N) is 2. The molecule has 1 saturated carbocycles. The normalized spacial score (nSPS) is 20.3. The minimum Gasteiger partial charge on any atom is -0.350 e. The maximum Gasteiger partial charge on any atom is 0.241 e. The fraction of sp³-hybridized carbons (Fsp3) is 0.368. The summed E-state index contributed by atoms with van der Waals surface area (Å²) >= 11 is 0. The Hall–Kier alpha value is -3.00. The van der Waals surface area contributed by atoms with E-state index in [2.05, 4.69) is 30.8 Å². The molecular formula is C19H22N8. The number of rotatable bonds is 4. The van der Waals surface area contributed by atoms with Gasteiger partial charge >= 0.3 is 0 Å². The van der Waals surface area contributed by atoms with Gasteiger partial charge in [-0.25, -0.2) is 19.0 Å². The van der Waals surface area contributed by atoms with E-state index in [1.165, 1.54) is 12.8 Å². The molecule has 27 heavy (non-hydrogen) atoms. The van der Waals surface area contributed by atoms with Crippen molar-refractivity contribution in [2.24, 2.45) is 0 Å². The van der Waals surface area contributed by atoms with Crippen molar-refractivity contribution in [1.82, 2.24) is 34.5 Å². The van der Waals surface area contributed by atoms with Crippen LogP contribution >= 0.6 is 0 Å². The Balaban J connectivity index is 1.39. The standard InChI is InChI=1S/C19H22N8/c1-20-13-2-4-14(5-3-13)23-19-22-12-17-15(8-10-26(17)25-19)16-6-7-18-21-9-11-27(18)24-16/h6-14,20H,2-5H2,1H3,(H,23,25)/t13-,14+. The summed E-state index contributed by atoms with van der Waals surface area (Å²) in [5, 5.41) is 16.1. The highest BCUT2D eigenvalue weighted by Crippen LogP contribution is 2.25. The van der Waals surface area contributed by atoms with Crippen LogP contribution in [0.3, 0.4) is 0 Å². The van der Waals surface area contributed by atoms with Crippen LogP contribution in [0, 0.1) is 0 Å². The van der Waals surface area contributed by atoms with Crippen LogP contribution in [0.15, 0.2) is 43.0 Å². The lowest BCUT2D eigenvalue weighted by Crippen LogP contribution is -2.35. The Morgan fingerprint density at radius 3 is 2.63 bits per heavy atom. The Kier molecular flexibility index (Phi) is 3.97. The van der Waals surface area contributed by atoms with Crippen molar-refractivity contribution in [3.05, 3.63) is 43.0 Å². The van der Waals surface area contributed by atoms with E-state index in [1.54, 1.807) is 10.7 Å². The first-order chi connectivity index (χ1) is 13.3. The summed E-state index contributed by atoms with van der Waals surface area (Å²) < 4.78 is 3.64. The second kappa shape index (κ2) is 6.62. The van der Waals surface area contributed by atoms with Gasteiger partial charge in [0, 0.05) is 36.2 Å². The predicted octanol–water partition coefficient (Wildman–Crippen LogP) is 2.38. The molecule has 8 heteroatoms. The smallest absolute Gasteiger partial charge is 0.241 e. The molecule has 1 fully saturated rings. The molecule has 0 saturated heterocycles. The predicted molar refractivity (Wildman–Crippen MR) is 104 cm³/mol. The molecule has 0 aliphatic heterocycles. The van der Waals surface area contributed by atoms with Crippen LogP contribution in [0.4, 0.5) is 5.95 Å². The third-order valence-corrected chi connectivity index (χ3v) is 5.42.